The Morgan fingerprint density at radius 3 is 1.15 bits per heavy atom. The first-order valence-electron chi connectivity index (χ1n) is 27.3. The molecule has 0 aliphatic rings. The van der Waals surface area contributed by atoms with Gasteiger partial charge in [-0.05, 0) is 58.1 Å². The van der Waals surface area contributed by atoms with Crippen molar-refractivity contribution in [3.63, 3.8) is 0 Å². The van der Waals surface area contributed by atoms with Gasteiger partial charge in [0.15, 0.2) is 17.5 Å². The van der Waals surface area contributed by atoms with Crippen molar-refractivity contribution in [3.8, 4) is 0 Å². The lowest BCUT2D eigenvalue weighted by Crippen LogP contribution is -2.32. The van der Waals surface area contributed by atoms with E-state index in [1.54, 1.807) is 59.2 Å². The van der Waals surface area contributed by atoms with E-state index in [0.29, 0.717) is 30.0 Å². The number of hydrogen-bond acceptors (Lipinski definition) is 15. The van der Waals surface area contributed by atoms with Gasteiger partial charge in [-0.1, -0.05) is 0 Å². The van der Waals surface area contributed by atoms with Gasteiger partial charge in [0.05, 0.1) is 17.1 Å². The Hall–Kier alpha value is -10.4. The highest BCUT2D eigenvalue weighted by Crippen LogP contribution is 2.19. The summed E-state index contributed by atoms with van der Waals surface area (Å²) in [7, 11) is 13.5. The van der Waals surface area contributed by atoms with Crippen LogP contribution in [0.4, 0.5) is 34.5 Å². The highest BCUT2D eigenvalue weighted by atomic mass is 16.2. The van der Waals surface area contributed by atoms with Crippen LogP contribution >= 0.6 is 0 Å². The minimum absolute atomic E-state index is 0.00870. The van der Waals surface area contributed by atoms with Crippen LogP contribution < -0.4 is 58.5 Å². The predicted molar refractivity (Wildman–Crippen MR) is 315 cm³/mol. The third kappa shape index (κ3) is 19.1. The first kappa shape index (κ1) is 64.8. The van der Waals surface area contributed by atoms with Gasteiger partial charge in [-0.2, -0.15) is 0 Å². The Balaban J connectivity index is 0.856. The Kier molecular flexibility index (Phi) is 22.8. The Morgan fingerprint density at radius 2 is 0.721 bits per heavy atom. The van der Waals surface area contributed by atoms with Gasteiger partial charge in [-0.25, -0.2) is 15.0 Å². The fourth-order valence-corrected chi connectivity index (χ4v) is 8.52. The number of anilines is 6. The smallest absolute Gasteiger partial charge is 0.291 e. The number of aromatic nitrogens is 9. The molecule has 11 amide bonds. The van der Waals surface area contributed by atoms with E-state index >= 15 is 0 Å². The second-order valence-corrected chi connectivity index (χ2v) is 20.3. The predicted octanol–water partition coefficient (Wildman–Crippen LogP) is 0.609. The molecule has 0 atom stereocenters. The van der Waals surface area contributed by atoms with Crippen LogP contribution in [0.25, 0.3) is 0 Å². The highest BCUT2D eigenvalue weighted by Gasteiger charge is 2.22. The first-order chi connectivity index (χ1) is 40.8. The maximum absolute atomic E-state index is 13.3. The summed E-state index contributed by atoms with van der Waals surface area (Å²) in [5.74, 6) is -4.51. The number of imidazole rings is 3. The van der Waals surface area contributed by atoms with Crippen molar-refractivity contribution in [1.29, 1.82) is 0 Å². The zero-order valence-electron chi connectivity index (χ0n) is 49.4. The lowest BCUT2D eigenvalue weighted by Gasteiger charge is -2.10. The van der Waals surface area contributed by atoms with Gasteiger partial charge in [-0.3, -0.25) is 52.7 Å². The number of carbonyl (C=O) groups excluding carboxylic acids is 11. The lowest BCUT2D eigenvalue weighted by atomic mass is 10.2. The van der Waals surface area contributed by atoms with Crippen LogP contribution in [0.2, 0.25) is 0 Å². The van der Waals surface area contributed by atoms with Gasteiger partial charge < -0.3 is 90.8 Å². The molecule has 6 aromatic rings. The van der Waals surface area contributed by atoms with Crippen molar-refractivity contribution in [2.24, 2.45) is 42.3 Å². The topological polar surface area (TPSA) is 392 Å². The van der Waals surface area contributed by atoms with Crippen LogP contribution in [0, 0.1) is 0 Å². The molecule has 32 heteroatoms. The molecule has 460 valence electrons. The molecule has 0 unspecified atom stereocenters. The molecular formula is C54H73N21O11. The van der Waals surface area contributed by atoms with Crippen molar-refractivity contribution < 1.29 is 52.7 Å². The number of carbonyl (C=O) groups is 11. The minimum Gasteiger partial charge on any atom is -0.356 e. The molecule has 0 aliphatic carbocycles. The summed E-state index contributed by atoms with van der Waals surface area (Å²) in [4.78, 5) is 154. The minimum atomic E-state index is -0.630. The van der Waals surface area contributed by atoms with Gasteiger partial charge in [0.25, 0.3) is 35.4 Å². The summed E-state index contributed by atoms with van der Waals surface area (Å²) in [6.45, 7) is 3.11. The molecule has 11 N–H and O–H groups in total. The Labute approximate surface area is 494 Å². The average Bonchev–Trinajstić information content (AvgIpc) is 3.82. The van der Waals surface area contributed by atoms with Crippen LogP contribution in [0.3, 0.4) is 0 Å². The van der Waals surface area contributed by atoms with E-state index in [4.69, 9.17) is 0 Å². The Morgan fingerprint density at radius 1 is 0.372 bits per heavy atom. The molecule has 0 radical (unpaired) electrons. The van der Waals surface area contributed by atoms with E-state index in [9.17, 15) is 52.7 Å². The third-order valence-electron chi connectivity index (χ3n) is 12.7. The van der Waals surface area contributed by atoms with Gasteiger partial charge >= 0.3 is 0 Å². The second-order valence-electron chi connectivity index (χ2n) is 20.3. The fraction of sp³-hybridized carbons (Fsp3) is 0.407. The summed E-state index contributed by atoms with van der Waals surface area (Å²) in [6.07, 6.45) is 10.5. The van der Waals surface area contributed by atoms with Crippen LogP contribution in [-0.2, 0) is 66.3 Å². The van der Waals surface area contributed by atoms with Gasteiger partial charge in [-0.15, -0.1) is 0 Å². The van der Waals surface area contributed by atoms with E-state index in [1.807, 2.05) is 19.0 Å². The lowest BCUT2D eigenvalue weighted by molar-refractivity contribution is -0.121. The maximum atomic E-state index is 13.3. The molecule has 0 bridgehead atoms. The van der Waals surface area contributed by atoms with E-state index in [2.05, 4.69) is 73.4 Å². The van der Waals surface area contributed by atoms with Gasteiger partial charge in [0.1, 0.15) is 17.1 Å². The molecule has 0 saturated carbocycles. The number of rotatable bonds is 30. The van der Waals surface area contributed by atoms with E-state index < -0.39 is 47.3 Å². The molecule has 86 heavy (non-hydrogen) atoms. The molecule has 0 spiro atoms. The highest BCUT2D eigenvalue weighted by molar-refractivity contribution is 6.05. The Bertz CT molecular complexity index is 3500. The third-order valence-corrected chi connectivity index (χ3v) is 12.7. The van der Waals surface area contributed by atoms with Crippen LogP contribution in [0.15, 0.2) is 55.4 Å². The zero-order chi connectivity index (χ0) is 62.8. The normalized spacial score (nSPS) is 10.9. The quantitative estimate of drug-likeness (QED) is 0.0275. The summed E-state index contributed by atoms with van der Waals surface area (Å²) in [5, 5.41) is 29.5. The number of aryl methyl sites for hydroxylation is 6. The van der Waals surface area contributed by atoms with Crippen molar-refractivity contribution in [3.05, 3.63) is 89.9 Å². The van der Waals surface area contributed by atoms with E-state index in [1.165, 1.54) is 72.7 Å². The molecule has 0 saturated heterocycles. The molecule has 0 aliphatic heterocycles. The van der Waals surface area contributed by atoms with Crippen LogP contribution in [0.1, 0.15) is 115 Å². The molecule has 0 fully saturated rings. The number of nitrogens with zero attached hydrogens (tertiary/aromatic N) is 10. The molecule has 6 aromatic heterocycles. The molecule has 6 heterocycles. The number of nitrogens with one attached hydrogen (secondary N) is 11. The molecule has 32 nitrogen and oxygen atoms in total. The first-order valence-corrected chi connectivity index (χ1v) is 27.3. The summed E-state index contributed by atoms with van der Waals surface area (Å²) >= 11 is 0. The van der Waals surface area contributed by atoms with Crippen LogP contribution in [-0.4, -0.2) is 166 Å². The summed E-state index contributed by atoms with van der Waals surface area (Å²) in [5.41, 5.74) is 1.73. The summed E-state index contributed by atoms with van der Waals surface area (Å²) < 4.78 is 8.85. The van der Waals surface area contributed by atoms with Crippen molar-refractivity contribution in [2.75, 3.05) is 85.3 Å². The summed E-state index contributed by atoms with van der Waals surface area (Å²) in [6, 6.07) is 4.47. The molecule has 6 rings (SSSR count). The largest absolute Gasteiger partial charge is 0.356 e. The monoisotopic (exact) mass is 1190 g/mol. The second kappa shape index (κ2) is 30.2. The fourth-order valence-electron chi connectivity index (χ4n) is 8.52. The average molecular weight is 1190 g/mol. The SMILES string of the molecule is CC(=O)Nc1cn(C)c(C(=O)NCCC(=O)Nc2cn(C)c(C(=O)Nc3cc(C(=O)NCCCC(=O)Nc4cn(C)c(C(=O)Nc5cc(C(=O)NCCCC(=O)Nc6cc(C(=O)NCCC(=O)NCCCN(C)C)n(C)c6)n(C)c5)n4)n(C)c3)n2)n1. The van der Waals surface area contributed by atoms with Crippen molar-refractivity contribution in [2.45, 2.75) is 51.9 Å². The van der Waals surface area contributed by atoms with Crippen molar-refractivity contribution >= 4 is 99.5 Å². The van der Waals surface area contributed by atoms with Gasteiger partial charge in [0.2, 0.25) is 47.0 Å². The molecule has 0 aromatic carbocycles. The van der Waals surface area contributed by atoms with E-state index in [-0.39, 0.29) is 128 Å². The standard InChI is InChI=1S/C54H73N21O11/c1-32(76)60-39-29-73(7)46(66-39)52(84)59-21-16-45(80)65-41-31-75(9)48(68-41)54(86)63-35-25-38(72(6)28-35)50(82)57-18-11-14-44(79)64-40-30-74(8)47(67-40)53(85)62-34-24-37(71(5)27-34)49(81)56-17-10-13-43(78)61-33-23-36(70(4)26-33)51(83)58-20-15-42(77)55-19-12-22-69(2)3/h23-31H,10-22H2,1-9H3,(H,55,77)(H,56,81)(H,57,82)(H,58,83)(H,59,84)(H,60,76)(H,61,78)(H,62,85)(H,63,86)(H,64,79)(H,65,80). The molecular weight excluding hydrogens is 1120 g/mol. The van der Waals surface area contributed by atoms with Crippen LogP contribution in [0.5, 0.6) is 0 Å². The maximum Gasteiger partial charge on any atom is 0.291 e. The van der Waals surface area contributed by atoms with Crippen molar-refractivity contribution in [1.82, 2.24) is 73.8 Å². The number of hydrogen-bond donors (Lipinski definition) is 11. The van der Waals surface area contributed by atoms with Gasteiger partial charge in [0, 0.05) is 145 Å². The number of amides is 11. The van der Waals surface area contributed by atoms with E-state index in [0.717, 1.165) is 13.0 Å². The zero-order valence-corrected chi connectivity index (χ0v) is 49.4.